The zero-order chi connectivity index (χ0) is 24.5. The van der Waals surface area contributed by atoms with Crippen LogP contribution >= 0.6 is 51.3 Å². The number of halogens is 3. The SMILES string of the molecule is CC(C)CCOc1ccc(C(=O)NC(=S)NNC(=O)C(C)Oc2ccc(Cl)cc2Cl)cc1Br. The van der Waals surface area contributed by atoms with E-state index in [1.165, 1.54) is 13.0 Å². The van der Waals surface area contributed by atoms with Gasteiger partial charge >= 0.3 is 0 Å². The lowest BCUT2D eigenvalue weighted by atomic mass is 10.1. The van der Waals surface area contributed by atoms with Crippen LogP contribution in [0.5, 0.6) is 11.5 Å². The minimum absolute atomic E-state index is 0.0848. The van der Waals surface area contributed by atoms with Gasteiger partial charge in [-0.05, 0) is 83.8 Å². The summed E-state index contributed by atoms with van der Waals surface area (Å²) in [5.74, 6) is 0.515. The molecule has 11 heteroatoms. The number of nitrogens with one attached hydrogen (secondary N) is 3. The summed E-state index contributed by atoms with van der Waals surface area (Å²) in [5, 5.41) is 3.13. The van der Waals surface area contributed by atoms with Crippen LogP contribution in [-0.2, 0) is 4.79 Å². The number of hydrazine groups is 1. The van der Waals surface area contributed by atoms with Gasteiger partial charge in [0.1, 0.15) is 11.5 Å². The lowest BCUT2D eigenvalue weighted by molar-refractivity contribution is -0.127. The minimum atomic E-state index is -0.895. The third kappa shape index (κ3) is 9.00. The first-order chi connectivity index (χ1) is 15.6. The van der Waals surface area contributed by atoms with Crippen molar-refractivity contribution < 1.29 is 19.1 Å². The lowest BCUT2D eigenvalue weighted by Gasteiger charge is -2.17. The number of carbonyl (C=O) groups excluding carboxylic acids is 2. The minimum Gasteiger partial charge on any atom is -0.492 e. The second kappa shape index (κ2) is 13.0. The fourth-order valence-electron chi connectivity index (χ4n) is 2.41. The summed E-state index contributed by atoms with van der Waals surface area (Å²) in [7, 11) is 0. The highest BCUT2D eigenvalue weighted by Crippen LogP contribution is 2.28. The maximum atomic E-state index is 12.4. The molecular weight excluding hydrogens is 553 g/mol. The third-order valence-corrected chi connectivity index (χ3v) is 5.59. The fraction of sp³-hybridized carbons (Fsp3) is 0.318. The van der Waals surface area contributed by atoms with Crippen LogP contribution in [0.15, 0.2) is 40.9 Å². The molecule has 2 amide bonds. The van der Waals surface area contributed by atoms with Gasteiger partial charge in [-0.25, -0.2) is 0 Å². The average molecular weight is 577 g/mol. The molecule has 1 unspecified atom stereocenters. The Morgan fingerprint density at radius 2 is 1.76 bits per heavy atom. The van der Waals surface area contributed by atoms with Crippen molar-refractivity contribution in [3.05, 3.63) is 56.5 Å². The van der Waals surface area contributed by atoms with Crippen LogP contribution in [0.4, 0.5) is 0 Å². The van der Waals surface area contributed by atoms with Crippen molar-refractivity contribution in [2.75, 3.05) is 6.61 Å². The molecule has 178 valence electrons. The molecule has 2 aromatic rings. The first kappa shape index (κ1) is 27.2. The van der Waals surface area contributed by atoms with Gasteiger partial charge in [0.2, 0.25) is 0 Å². The predicted octanol–water partition coefficient (Wildman–Crippen LogP) is 5.28. The van der Waals surface area contributed by atoms with E-state index in [1.54, 1.807) is 30.3 Å². The smallest absolute Gasteiger partial charge is 0.279 e. The average Bonchev–Trinajstić information content (AvgIpc) is 2.74. The van der Waals surface area contributed by atoms with E-state index in [1.807, 2.05) is 0 Å². The number of benzene rings is 2. The molecule has 0 aliphatic carbocycles. The number of rotatable bonds is 8. The Balaban J connectivity index is 1.82. The van der Waals surface area contributed by atoms with Gasteiger partial charge in [-0.2, -0.15) is 0 Å². The number of amides is 2. The van der Waals surface area contributed by atoms with Crippen molar-refractivity contribution in [2.45, 2.75) is 33.3 Å². The van der Waals surface area contributed by atoms with Crippen LogP contribution in [-0.4, -0.2) is 29.6 Å². The van der Waals surface area contributed by atoms with Gasteiger partial charge in [0.15, 0.2) is 11.2 Å². The monoisotopic (exact) mass is 575 g/mol. The molecule has 0 bridgehead atoms. The predicted molar refractivity (Wildman–Crippen MR) is 137 cm³/mol. The van der Waals surface area contributed by atoms with Gasteiger partial charge < -0.3 is 9.47 Å². The molecule has 0 saturated heterocycles. The van der Waals surface area contributed by atoms with Crippen LogP contribution in [0, 0.1) is 5.92 Å². The summed E-state index contributed by atoms with van der Waals surface area (Å²) in [6, 6.07) is 9.63. The highest BCUT2D eigenvalue weighted by Gasteiger charge is 2.17. The number of hydrogen-bond acceptors (Lipinski definition) is 5. The number of ether oxygens (including phenoxy) is 2. The summed E-state index contributed by atoms with van der Waals surface area (Å²) in [6.45, 7) is 6.36. The Morgan fingerprint density at radius 3 is 2.39 bits per heavy atom. The Morgan fingerprint density at radius 1 is 1.06 bits per heavy atom. The Hall–Kier alpha value is -2.07. The molecule has 33 heavy (non-hydrogen) atoms. The molecular formula is C22H24BrCl2N3O4S. The van der Waals surface area contributed by atoms with Gasteiger partial charge in [0, 0.05) is 10.6 Å². The van der Waals surface area contributed by atoms with Crippen LogP contribution in [0.2, 0.25) is 10.0 Å². The van der Waals surface area contributed by atoms with E-state index in [0.29, 0.717) is 39.1 Å². The van der Waals surface area contributed by atoms with Crippen LogP contribution in [0.1, 0.15) is 37.6 Å². The Kier molecular flexibility index (Phi) is 10.7. The highest BCUT2D eigenvalue weighted by molar-refractivity contribution is 9.10. The zero-order valence-electron chi connectivity index (χ0n) is 18.2. The van der Waals surface area contributed by atoms with Crippen molar-refractivity contribution in [1.29, 1.82) is 0 Å². The van der Waals surface area contributed by atoms with Gasteiger partial charge in [-0.3, -0.25) is 25.8 Å². The zero-order valence-corrected chi connectivity index (χ0v) is 22.1. The van der Waals surface area contributed by atoms with Crippen LogP contribution < -0.4 is 25.6 Å². The largest absolute Gasteiger partial charge is 0.492 e. The molecule has 7 nitrogen and oxygen atoms in total. The van der Waals surface area contributed by atoms with Crippen molar-refractivity contribution in [3.8, 4) is 11.5 Å². The van der Waals surface area contributed by atoms with E-state index in [2.05, 4.69) is 45.9 Å². The first-order valence-corrected chi connectivity index (χ1v) is 12.0. The normalized spacial score (nSPS) is 11.5. The molecule has 0 spiro atoms. The molecule has 0 aromatic heterocycles. The van der Waals surface area contributed by atoms with Crippen molar-refractivity contribution in [1.82, 2.24) is 16.2 Å². The summed E-state index contributed by atoms with van der Waals surface area (Å²) in [5.41, 5.74) is 5.21. The quantitative estimate of drug-likeness (QED) is 0.292. The standard InChI is InChI=1S/C22H24BrCl2N3O4S/c1-12(2)8-9-31-18-6-4-14(10-16(18)23)21(30)26-22(33)28-27-20(29)13(3)32-19-7-5-15(24)11-17(19)25/h4-7,10-13H,8-9H2,1-3H3,(H,27,29)(H2,26,28,30,33). The molecule has 0 heterocycles. The van der Waals surface area contributed by atoms with E-state index < -0.39 is 17.9 Å². The Bertz CT molecular complexity index is 1020. The van der Waals surface area contributed by atoms with E-state index in [0.717, 1.165) is 6.42 Å². The lowest BCUT2D eigenvalue weighted by Crippen LogP contribution is -2.51. The summed E-state index contributed by atoms with van der Waals surface area (Å²) in [6.07, 6.45) is 0.0328. The van der Waals surface area contributed by atoms with Gasteiger partial charge in [0.25, 0.3) is 11.8 Å². The maximum absolute atomic E-state index is 12.4. The van der Waals surface area contributed by atoms with E-state index in [9.17, 15) is 9.59 Å². The number of hydrogen-bond donors (Lipinski definition) is 3. The molecule has 3 N–H and O–H groups in total. The van der Waals surface area contributed by atoms with Crippen LogP contribution in [0.3, 0.4) is 0 Å². The van der Waals surface area contributed by atoms with Crippen molar-refractivity contribution in [2.24, 2.45) is 5.92 Å². The maximum Gasteiger partial charge on any atom is 0.279 e. The van der Waals surface area contributed by atoms with Crippen LogP contribution in [0.25, 0.3) is 0 Å². The summed E-state index contributed by atoms with van der Waals surface area (Å²) >= 11 is 20.4. The van der Waals surface area contributed by atoms with Crippen molar-refractivity contribution >= 4 is 68.3 Å². The van der Waals surface area contributed by atoms with E-state index in [-0.39, 0.29) is 10.1 Å². The van der Waals surface area contributed by atoms with Crippen molar-refractivity contribution in [3.63, 3.8) is 0 Å². The van der Waals surface area contributed by atoms with Gasteiger partial charge in [-0.1, -0.05) is 37.0 Å². The summed E-state index contributed by atoms with van der Waals surface area (Å²) < 4.78 is 11.9. The summed E-state index contributed by atoms with van der Waals surface area (Å²) in [4.78, 5) is 24.7. The third-order valence-electron chi connectivity index (χ3n) is 4.24. The fourth-order valence-corrected chi connectivity index (χ4v) is 3.50. The first-order valence-electron chi connectivity index (χ1n) is 10.0. The van der Waals surface area contributed by atoms with E-state index >= 15 is 0 Å². The topological polar surface area (TPSA) is 88.7 Å². The number of carbonyl (C=O) groups is 2. The molecule has 0 saturated carbocycles. The molecule has 2 rings (SSSR count). The Labute approximate surface area is 216 Å². The molecule has 0 aliphatic rings. The number of thiocarbonyl (C=S) groups is 1. The second-order valence-electron chi connectivity index (χ2n) is 7.41. The van der Waals surface area contributed by atoms with Gasteiger partial charge in [-0.15, -0.1) is 0 Å². The highest BCUT2D eigenvalue weighted by atomic mass is 79.9. The second-order valence-corrected chi connectivity index (χ2v) is 9.51. The molecule has 1 atom stereocenters. The molecule has 0 radical (unpaired) electrons. The molecule has 0 fully saturated rings. The van der Waals surface area contributed by atoms with Gasteiger partial charge in [0.05, 0.1) is 16.1 Å². The molecule has 2 aromatic carbocycles. The molecule has 0 aliphatic heterocycles. The van der Waals surface area contributed by atoms with E-state index in [4.69, 9.17) is 44.9 Å².